The van der Waals surface area contributed by atoms with Crippen LogP contribution >= 0.6 is 0 Å². The number of sulfonamides is 1. The molecule has 22 heavy (non-hydrogen) atoms. The Balaban J connectivity index is 2.76. The second-order valence-electron chi connectivity index (χ2n) is 3.82. The number of hydrazine groups is 1. The molecule has 0 amide bonds. The molecule has 0 unspecified atom stereocenters. The smallest absolute Gasteiger partial charge is 0.350 e. The van der Waals surface area contributed by atoms with Gasteiger partial charge in [-0.25, -0.2) is 13.2 Å². The molecule has 0 bridgehead atoms. The van der Waals surface area contributed by atoms with Gasteiger partial charge in [-0.2, -0.15) is 5.26 Å². The number of ether oxygens (including phenoxy) is 2. The molecule has 1 rings (SSSR count). The molecular weight excluding hydrogens is 310 g/mol. The second-order valence-corrected chi connectivity index (χ2v) is 5.50. The maximum Gasteiger partial charge on any atom is 0.350 e. The van der Waals surface area contributed by atoms with E-state index in [1.807, 2.05) is 4.83 Å². The van der Waals surface area contributed by atoms with Gasteiger partial charge in [0.05, 0.1) is 18.6 Å². The van der Waals surface area contributed by atoms with Crippen molar-refractivity contribution in [2.75, 3.05) is 13.7 Å². The van der Waals surface area contributed by atoms with E-state index >= 15 is 0 Å². The molecule has 8 nitrogen and oxygen atoms in total. The number of nitrogens with one attached hydrogen (secondary N) is 2. The number of nitrogens with zero attached hydrogens (tertiary/aromatic N) is 1. The minimum absolute atomic E-state index is 0.0103. The van der Waals surface area contributed by atoms with Crippen LogP contribution in [0.1, 0.15) is 6.92 Å². The highest BCUT2D eigenvalue weighted by atomic mass is 32.2. The van der Waals surface area contributed by atoms with Crippen molar-refractivity contribution in [3.63, 3.8) is 0 Å². The van der Waals surface area contributed by atoms with Crippen LogP contribution in [-0.4, -0.2) is 28.1 Å². The molecule has 2 N–H and O–H groups in total. The van der Waals surface area contributed by atoms with Gasteiger partial charge in [0.15, 0.2) is 5.57 Å². The highest BCUT2D eigenvalue weighted by Crippen LogP contribution is 2.14. The van der Waals surface area contributed by atoms with Gasteiger partial charge in [-0.3, -0.25) is 0 Å². The number of hydrogen-bond donors (Lipinski definition) is 2. The van der Waals surface area contributed by atoms with Crippen molar-refractivity contribution in [3.8, 4) is 11.8 Å². The molecule has 1 aromatic carbocycles. The van der Waals surface area contributed by atoms with Crippen LogP contribution in [-0.2, 0) is 19.6 Å². The third-order valence-electron chi connectivity index (χ3n) is 2.40. The zero-order chi connectivity index (χ0) is 16.6. The molecule has 1 aromatic rings. The van der Waals surface area contributed by atoms with Gasteiger partial charge in [-0.15, -0.1) is 4.83 Å². The first-order valence-electron chi connectivity index (χ1n) is 6.13. The Bertz CT molecular complexity index is 689. The largest absolute Gasteiger partial charge is 0.497 e. The SMILES string of the molecule is CCOC(=O)C(C#N)=CNNS(=O)(=O)c1ccc(OC)cc1. The highest BCUT2D eigenvalue weighted by Gasteiger charge is 2.14. The van der Waals surface area contributed by atoms with Gasteiger partial charge in [-0.05, 0) is 31.2 Å². The van der Waals surface area contributed by atoms with Gasteiger partial charge < -0.3 is 14.9 Å². The molecule has 9 heteroatoms. The Kier molecular flexibility index (Phi) is 6.37. The Morgan fingerprint density at radius 1 is 1.36 bits per heavy atom. The molecule has 0 aliphatic rings. The zero-order valence-corrected chi connectivity index (χ0v) is 12.8. The molecule has 0 aliphatic carbocycles. The summed E-state index contributed by atoms with van der Waals surface area (Å²) >= 11 is 0. The third kappa shape index (κ3) is 4.76. The average molecular weight is 325 g/mol. The molecule has 118 valence electrons. The minimum atomic E-state index is -3.85. The fraction of sp³-hybridized carbons (Fsp3) is 0.231. The first-order chi connectivity index (χ1) is 10.4. The minimum Gasteiger partial charge on any atom is -0.497 e. The van der Waals surface area contributed by atoms with Crippen molar-refractivity contribution in [2.45, 2.75) is 11.8 Å². The van der Waals surface area contributed by atoms with Gasteiger partial charge in [0.2, 0.25) is 0 Å². The summed E-state index contributed by atoms with van der Waals surface area (Å²) in [6.45, 7) is 1.70. The Labute approximate surface area is 128 Å². The summed E-state index contributed by atoms with van der Waals surface area (Å²) in [7, 11) is -2.38. The highest BCUT2D eigenvalue weighted by molar-refractivity contribution is 7.89. The first kappa shape index (κ1) is 17.5. The van der Waals surface area contributed by atoms with E-state index in [9.17, 15) is 13.2 Å². The second kappa shape index (κ2) is 8.02. The summed E-state index contributed by atoms with van der Waals surface area (Å²) in [5, 5.41) is 8.78. The van der Waals surface area contributed by atoms with E-state index in [4.69, 9.17) is 10.00 Å². The Hall–Kier alpha value is -2.57. The summed E-state index contributed by atoms with van der Waals surface area (Å²) in [6, 6.07) is 7.28. The van der Waals surface area contributed by atoms with Crippen LogP contribution in [0.2, 0.25) is 0 Å². The quantitative estimate of drug-likeness (QED) is 0.323. The monoisotopic (exact) mass is 325 g/mol. The lowest BCUT2D eigenvalue weighted by Crippen LogP contribution is -2.34. The van der Waals surface area contributed by atoms with Gasteiger partial charge in [0.25, 0.3) is 10.0 Å². The van der Waals surface area contributed by atoms with Gasteiger partial charge in [0.1, 0.15) is 11.8 Å². The molecule has 0 aromatic heterocycles. The lowest BCUT2D eigenvalue weighted by atomic mass is 10.3. The number of hydrogen-bond acceptors (Lipinski definition) is 7. The molecule has 0 aliphatic heterocycles. The summed E-state index contributed by atoms with van der Waals surface area (Å²) in [4.78, 5) is 13.3. The summed E-state index contributed by atoms with van der Waals surface area (Å²) in [5.41, 5.74) is 1.83. The molecule has 0 fully saturated rings. The van der Waals surface area contributed by atoms with Gasteiger partial charge in [0, 0.05) is 6.20 Å². The maximum atomic E-state index is 12.0. The molecule has 0 saturated heterocycles. The standard InChI is InChI=1S/C13H15N3O5S/c1-3-21-13(17)10(8-14)9-15-16-22(18,19)12-6-4-11(20-2)5-7-12/h4-7,9,15-16H,3H2,1-2H3. The Morgan fingerprint density at radius 2 is 2.00 bits per heavy atom. The van der Waals surface area contributed by atoms with Gasteiger partial charge in [-0.1, -0.05) is 0 Å². The molecule has 0 saturated carbocycles. The van der Waals surface area contributed by atoms with Crippen molar-refractivity contribution in [3.05, 3.63) is 36.0 Å². The fourth-order valence-corrected chi connectivity index (χ4v) is 2.17. The number of benzene rings is 1. The van der Waals surface area contributed by atoms with E-state index < -0.39 is 16.0 Å². The van der Waals surface area contributed by atoms with Crippen molar-refractivity contribution in [1.82, 2.24) is 10.3 Å². The van der Waals surface area contributed by atoms with Crippen molar-refractivity contribution in [2.24, 2.45) is 0 Å². The molecule has 0 atom stereocenters. The Morgan fingerprint density at radius 3 is 2.50 bits per heavy atom. The molecule has 0 radical (unpaired) electrons. The van der Waals surface area contributed by atoms with Crippen molar-refractivity contribution >= 4 is 16.0 Å². The maximum absolute atomic E-state index is 12.0. The van der Waals surface area contributed by atoms with Crippen molar-refractivity contribution in [1.29, 1.82) is 5.26 Å². The van der Waals surface area contributed by atoms with E-state index in [1.165, 1.54) is 31.4 Å². The van der Waals surface area contributed by atoms with Crippen LogP contribution in [0.5, 0.6) is 5.75 Å². The van der Waals surface area contributed by atoms with E-state index in [0.29, 0.717) is 5.75 Å². The van der Waals surface area contributed by atoms with E-state index in [-0.39, 0.29) is 17.1 Å². The number of methoxy groups -OCH3 is 1. The van der Waals surface area contributed by atoms with E-state index in [0.717, 1.165) is 6.20 Å². The lowest BCUT2D eigenvalue weighted by Gasteiger charge is -2.07. The number of rotatable bonds is 7. The predicted octanol–water partition coefficient (Wildman–Crippen LogP) is 0.449. The summed E-state index contributed by atoms with van der Waals surface area (Å²) < 4.78 is 33.5. The molecule has 0 heterocycles. The van der Waals surface area contributed by atoms with E-state index in [2.05, 4.69) is 10.2 Å². The van der Waals surface area contributed by atoms with Crippen LogP contribution in [0.4, 0.5) is 0 Å². The molecule has 0 spiro atoms. The third-order valence-corrected chi connectivity index (χ3v) is 3.67. The van der Waals surface area contributed by atoms with Crippen LogP contribution in [0.3, 0.4) is 0 Å². The number of carbonyl (C=O) groups excluding carboxylic acids is 1. The number of nitriles is 1. The summed E-state index contributed by atoms with van der Waals surface area (Å²) in [6.07, 6.45) is 0.916. The van der Waals surface area contributed by atoms with Crippen LogP contribution in [0, 0.1) is 11.3 Å². The lowest BCUT2D eigenvalue weighted by molar-refractivity contribution is -0.138. The number of carbonyl (C=O) groups is 1. The number of esters is 1. The topological polar surface area (TPSA) is 118 Å². The predicted molar refractivity (Wildman–Crippen MR) is 76.8 cm³/mol. The summed E-state index contributed by atoms with van der Waals surface area (Å²) in [5.74, 6) is -0.331. The van der Waals surface area contributed by atoms with Crippen LogP contribution in [0.15, 0.2) is 40.9 Å². The molecular formula is C13H15N3O5S. The normalized spacial score (nSPS) is 11.4. The van der Waals surface area contributed by atoms with Crippen molar-refractivity contribution < 1.29 is 22.7 Å². The zero-order valence-electron chi connectivity index (χ0n) is 12.0. The van der Waals surface area contributed by atoms with Crippen LogP contribution < -0.4 is 15.0 Å². The average Bonchev–Trinajstić information content (AvgIpc) is 2.51. The van der Waals surface area contributed by atoms with E-state index in [1.54, 1.807) is 13.0 Å². The van der Waals surface area contributed by atoms with Gasteiger partial charge >= 0.3 is 5.97 Å². The fourth-order valence-electron chi connectivity index (χ4n) is 1.34. The van der Waals surface area contributed by atoms with Crippen LogP contribution in [0.25, 0.3) is 0 Å². The first-order valence-corrected chi connectivity index (χ1v) is 7.61.